The fraction of sp³-hybridized carbons (Fsp3) is 0.294. The van der Waals surface area contributed by atoms with Gasteiger partial charge in [0, 0.05) is 0 Å². The molecule has 0 spiro atoms. The number of rotatable bonds is 3. The Morgan fingerprint density at radius 1 is 1.08 bits per heavy atom. The number of phenols is 2. The number of nitrogens with zero attached hydrogens (tertiary/aromatic N) is 3. The first-order valence-electron chi connectivity index (χ1n) is 7.43. The van der Waals surface area contributed by atoms with Gasteiger partial charge in [-0.3, -0.25) is 10.1 Å². The normalized spacial score (nSPS) is 11.9. The second kappa shape index (κ2) is 6.68. The molecule has 0 bridgehead atoms. The van der Waals surface area contributed by atoms with Crippen LogP contribution in [0.5, 0.6) is 11.5 Å². The zero-order valence-corrected chi connectivity index (χ0v) is 15.0. The standard InChI is InChI=1S/C17H18ClN3O4/c1-9-5-10(17(2,3)4)6-13(16(9)23)20-19-12-7-11(18)14(21(24)25)8-15(12)22/h5-8,22-23H,1-4H3. The molecular weight excluding hydrogens is 346 g/mol. The molecule has 8 heteroatoms. The Morgan fingerprint density at radius 2 is 1.68 bits per heavy atom. The van der Waals surface area contributed by atoms with Gasteiger partial charge in [-0.25, -0.2) is 0 Å². The summed E-state index contributed by atoms with van der Waals surface area (Å²) in [5, 5.41) is 38.5. The Morgan fingerprint density at radius 3 is 2.24 bits per heavy atom. The van der Waals surface area contributed by atoms with Gasteiger partial charge in [-0.15, -0.1) is 10.2 Å². The predicted octanol–water partition coefficient (Wildman–Crippen LogP) is 5.68. The third-order valence-electron chi connectivity index (χ3n) is 3.65. The van der Waals surface area contributed by atoms with Crippen LogP contribution < -0.4 is 0 Å². The van der Waals surface area contributed by atoms with E-state index in [1.54, 1.807) is 13.0 Å². The highest BCUT2D eigenvalue weighted by Gasteiger charge is 2.19. The largest absolute Gasteiger partial charge is 0.505 e. The topological polar surface area (TPSA) is 108 Å². The zero-order chi connectivity index (χ0) is 18.9. The van der Waals surface area contributed by atoms with Crippen LogP contribution >= 0.6 is 11.6 Å². The molecule has 0 saturated carbocycles. The summed E-state index contributed by atoms with van der Waals surface area (Å²) in [5.41, 5.74) is 1.23. The number of halogens is 1. The van der Waals surface area contributed by atoms with Gasteiger partial charge in [-0.05, 0) is 35.6 Å². The maximum absolute atomic E-state index is 10.8. The highest BCUT2D eigenvalue weighted by molar-refractivity contribution is 6.33. The first-order valence-corrected chi connectivity index (χ1v) is 7.81. The lowest BCUT2D eigenvalue weighted by molar-refractivity contribution is -0.384. The van der Waals surface area contributed by atoms with Crippen LogP contribution in [0.2, 0.25) is 5.02 Å². The second-order valence-electron chi connectivity index (χ2n) is 6.66. The fourth-order valence-electron chi connectivity index (χ4n) is 2.14. The van der Waals surface area contributed by atoms with E-state index in [0.717, 1.165) is 17.7 Å². The highest BCUT2D eigenvalue weighted by Crippen LogP contribution is 2.40. The molecule has 2 N–H and O–H groups in total. The van der Waals surface area contributed by atoms with Crippen LogP contribution in [-0.4, -0.2) is 15.1 Å². The molecule has 25 heavy (non-hydrogen) atoms. The van der Waals surface area contributed by atoms with E-state index in [2.05, 4.69) is 10.2 Å². The monoisotopic (exact) mass is 363 g/mol. The van der Waals surface area contributed by atoms with Gasteiger partial charge in [-0.2, -0.15) is 0 Å². The molecule has 2 aromatic carbocycles. The molecule has 0 amide bonds. The third-order valence-corrected chi connectivity index (χ3v) is 3.96. The molecule has 0 atom stereocenters. The minimum absolute atomic E-state index is 0.0238. The molecule has 0 fully saturated rings. The van der Waals surface area contributed by atoms with Crippen molar-refractivity contribution in [3.63, 3.8) is 0 Å². The van der Waals surface area contributed by atoms with Gasteiger partial charge in [0.25, 0.3) is 5.69 Å². The maximum atomic E-state index is 10.8. The molecule has 0 saturated heterocycles. The smallest absolute Gasteiger partial charge is 0.291 e. The van der Waals surface area contributed by atoms with Crippen LogP contribution in [0.3, 0.4) is 0 Å². The summed E-state index contributed by atoms with van der Waals surface area (Å²) in [4.78, 5) is 10.1. The number of aromatic hydroxyl groups is 2. The Balaban J connectivity index is 2.48. The molecule has 0 aromatic heterocycles. The van der Waals surface area contributed by atoms with Crippen molar-refractivity contribution in [1.82, 2.24) is 0 Å². The third kappa shape index (κ3) is 4.06. The molecular formula is C17H18ClN3O4. The molecule has 2 aromatic rings. The number of hydrogen-bond acceptors (Lipinski definition) is 6. The predicted molar refractivity (Wildman–Crippen MR) is 95.5 cm³/mol. The Hall–Kier alpha value is -2.67. The lowest BCUT2D eigenvalue weighted by Gasteiger charge is -2.20. The van der Waals surface area contributed by atoms with Crippen molar-refractivity contribution in [2.24, 2.45) is 10.2 Å². The highest BCUT2D eigenvalue weighted by atomic mass is 35.5. The van der Waals surface area contributed by atoms with Crippen LogP contribution in [0.4, 0.5) is 17.1 Å². The van der Waals surface area contributed by atoms with Gasteiger partial charge in [0.1, 0.15) is 27.9 Å². The summed E-state index contributed by atoms with van der Waals surface area (Å²) in [6, 6.07) is 5.63. The number of nitro groups is 1. The quantitative estimate of drug-likeness (QED) is 0.415. The summed E-state index contributed by atoms with van der Waals surface area (Å²) >= 11 is 5.82. The molecule has 0 heterocycles. The summed E-state index contributed by atoms with van der Waals surface area (Å²) in [6.07, 6.45) is 0. The summed E-state index contributed by atoms with van der Waals surface area (Å²) in [6.45, 7) is 7.84. The van der Waals surface area contributed by atoms with E-state index in [-0.39, 0.29) is 27.6 Å². The van der Waals surface area contributed by atoms with Crippen molar-refractivity contribution in [1.29, 1.82) is 0 Å². The lowest BCUT2D eigenvalue weighted by atomic mass is 9.86. The minimum atomic E-state index is -0.703. The molecule has 0 unspecified atom stereocenters. The van der Waals surface area contributed by atoms with Crippen molar-refractivity contribution >= 4 is 28.7 Å². The summed E-state index contributed by atoms with van der Waals surface area (Å²) in [7, 11) is 0. The lowest BCUT2D eigenvalue weighted by Crippen LogP contribution is -2.11. The van der Waals surface area contributed by atoms with Gasteiger partial charge in [-0.1, -0.05) is 38.4 Å². The van der Waals surface area contributed by atoms with Crippen molar-refractivity contribution < 1.29 is 15.1 Å². The first kappa shape index (κ1) is 18.7. The van der Waals surface area contributed by atoms with Crippen molar-refractivity contribution in [3.05, 3.63) is 50.5 Å². The van der Waals surface area contributed by atoms with Gasteiger partial charge in [0.2, 0.25) is 0 Å². The van der Waals surface area contributed by atoms with Crippen LogP contribution in [0.15, 0.2) is 34.5 Å². The summed E-state index contributed by atoms with van der Waals surface area (Å²) < 4.78 is 0. The van der Waals surface area contributed by atoms with E-state index in [1.807, 2.05) is 26.8 Å². The molecule has 7 nitrogen and oxygen atoms in total. The maximum Gasteiger partial charge on any atom is 0.291 e. The molecule has 0 aliphatic heterocycles. The SMILES string of the molecule is Cc1cc(C(C)(C)C)cc(N=Nc2cc(Cl)c([N+](=O)[O-])cc2O)c1O. The van der Waals surface area contributed by atoms with Gasteiger partial charge >= 0.3 is 0 Å². The van der Waals surface area contributed by atoms with E-state index >= 15 is 0 Å². The van der Waals surface area contributed by atoms with Crippen molar-refractivity contribution in [3.8, 4) is 11.5 Å². The van der Waals surface area contributed by atoms with E-state index < -0.39 is 16.4 Å². The van der Waals surface area contributed by atoms with E-state index in [1.165, 1.54) is 0 Å². The molecule has 2 rings (SSSR count). The first-order chi connectivity index (χ1) is 11.5. The van der Waals surface area contributed by atoms with Crippen molar-refractivity contribution in [2.45, 2.75) is 33.1 Å². The number of benzene rings is 2. The Labute approximate surface area is 149 Å². The average Bonchev–Trinajstić information content (AvgIpc) is 2.49. The summed E-state index contributed by atoms with van der Waals surface area (Å²) in [5.74, 6) is -0.452. The van der Waals surface area contributed by atoms with Gasteiger partial charge in [0.15, 0.2) is 0 Å². The molecule has 0 aliphatic carbocycles. The van der Waals surface area contributed by atoms with Crippen LogP contribution in [0, 0.1) is 17.0 Å². The zero-order valence-electron chi connectivity index (χ0n) is 14.2. The van der Waals surface area contributed by atoms with Crippen LogP contribution in [0.1, 0.15) is 31.9 Å². The molecule has 132 valence electrons. The van der Waals surface area contributed by atoms with Crippen molar-refractivity contribution in [2.75, 3.05) is 0 Å². The Kier molecular flexibility index (Phi) is 4.99. The van der Waals surface area contributed by atoms with E-state index in [4.69, 9.17) is 11.6 Å². The number of aryl methyl sites for hydroxylation is 1. The second-order valence-corrected chi connectivity index (χ2v) is 7.07. The average molecular weight is 364 g/mol. The van der Waals surface area contributed by atoms with E-state index in [9.17, 15) is 20.3 Å². The Bertz CT molecular complexity index is 873. The molecule has 0 aliphatic rings. The van der Waals surface area contributed by atoms with Crippen LogP contribution in [0.25, 0.3) is 0 Å². The number of hydrogen-bond donors (Lipinski definition) is 2. The van der Waals surface area contributed by atoms with Crippen LogP contribution in [-0.2, 0) is 5.41 Å². The van der Waals surface area contributed by atoms with Gasteiger partial charge < -0.3 is 10.2 Å². The number of nitro benzene ring substituents is 1. The number of phenolic OH excluding ortho intramolecular Hbond substituents is 2. The minimum Gasteiger partial charge on any atom is -0.505 e. The van der Waals surface area contributed by atoms with Gasteiger partial charge in [0.05, 0.1) is 11.0 Å². The molecule has 0 radical (unpaired) electrons. The van der Waals surface area contributed by atoms with E-state index in [0.29, 0.717) is 5.56 Å². The number of azo groups is 1. The fourth-order valence-corrected chi connectivity index (χ4v) is 2.37.